The molecule has 4 rings (SSSR count). The van der Waals surface area contributed by atoms with Gasteiger partial charge >= 0.3 is 12.0 Å². The quantitative estimate of drug-likeness (QED) is 0.477. The monoisotopic (exact) mass is 435 g/mol. The van der Waals surface area contributed by atoms with E-state index in [2.05, 4.69) is 51.0 Å². The van der Waals surface area contributed by atoms with Crippen molar-refractivity contribution in [2.75, 3.05) is 19.9 Å². The van der Waals surface area contributed by atoms with Crippen LogP contribution in [0.4, 0.5) is 4.79 Å². The Morgan fingerprint density at radius 2 is 1.87 bits per heavy atom. The molecule has 31 heavy (non-hydrogen) atoms. The predicted octanol–water partition coefficient (Wildman–Crippen LogP) is 4.38. The Balaban J connectivity index is 1.74. The maximum absolute atomic E-state index is 13.3. The molecule has 0 aliphatic carbocycles. The zero-order valence-electron chi connectivity index (χ0n) is 17.6. The maximum Gasteiger partial charge on any atom is 0.318 e. The number of benzene rings is 2. The van der Waals surface area contributed by atoms with Crippen LogP contribution in [0.1, 0.15) is 29.3 Å². The van der Waals surface area contributed by atoms with Crippen LogP contribution in [0.3, 0.4) is 0 Å². The highest BCUT2D eigenvalue weighted by Gasteiger charge is 2.32. The molecule has 1 aliphatic heterocycles. The molecule has 0 bridgehead atoms. The second kappa shape index (κ2) is 9.31. The maximum atomic E-state index is 13.3. The highest BCUT2D eigenvalue weighted by atomic mass is 32.2. The smallest absolute Gasteiger partial charge is 0.318 e. The first-order valence-corrected chi connectivity index (χ1v) is 11.4. The Morgan fingerprint density at radius 1 is 1.10 bits per heavy atom. The molecule has 3 aromatic rings. The van der Waals surface area contributed by atoms with Crippen LogP contribution in [0.2, 0.25) is 0 Å². The number of carbonyl (C=O) groups excluding carboxylic acids is 2. The molecule has 2 heterocycles. The number of urea groups is 1. The summed E-state index contributed by atoms with van der Waals surface area (Å²) in [4.78, 5) is 27.8. The Labute approximate surface area is 186 Å². The van der Waals surface area contributed by atoms with Gasteiger partial charge in [0, 0.05) is 23.3 Å². The molecular weight excluding hydrogens is 410 g/mol. The fourth-order valence-electron chi connectivity index (χ4n) is 3.95. The first-order chi connectivity index (χ1) is 15.1. The zero-order valence-corrected chi connectivity index (χ0v) is 18.4. The summed E-state index contributed by atoms with van der Waals surface area (Å²) in [6.07, 6.45) is 4.22. The molecule has 0 fully saturated rings. The number of carbonyl (C=O) groups is 2. The summed E-state index contributed by atoms with van der Waals surface area (Å²) < 4.78 is 6.84. The van der Waals surface area contributed by atoms with Gasteiger partial charge in [-0.05, 0) is 47.7 Å². The first-order valence-electron chi connectivity index (χ1n) is 10.1. The molecule has 0 saturated carbocycles. The summed E-state index contributed by atoms with van der Waals surface area (Å²) in [6, 6.07) is 20.0. The molecule has 7 heteroatoms. The number of rotatable bonds is 5. The third-order valence-electron chi connectivity index (χ3n) is 5.49. The molecule has 160 valence electrons. The Morgan fingerprint density at radius 3 is 2.61 bits per heavy atom. The summed E-state index contributed by atoms with van der Waals surface area (Å²) in [5.74, 6) is -0.348. The van der Waals surface area contributed by atoms with Gasteiger partial charge in [0.25, 0.3) is 0 Å². The number of hydrogen-bond donors (Lipinski definition) is 1. The molecule has 1 aromatic heterocycles. The Bertz CT molecular complexity index is 1080. The average molecular weight is 436 g/mol. The van der Waals surface area contributed by atoms with E-state index in [4.69, 9.17) is 0 Å². The van der Waals surface area contributed by atoms with Crippen molar-refractivity contribution in [3.8, 4) is 5.69 Å². The summed E-state index contributed by atoms with van der Waals surface area (Å²) in [5, 5.41) is 2.89. The standard InChI is InChI=1S/C24H25N3O3S/c1-30-22(28)13-14-25-24(29)27-16-18-6-3-4-7-20(18)26-15-5-8-21(26)23(27)17-9-11-19(31-2)12-10-17/h3-12,15,23H,13-14,16H2,1-2H3,(H,25,29). The van der Waals surface area contributed by atoms with Crippen LogP contribution in [-0.2, 0) is 16.1 Å². The normalized spacial score (nSPS) is 14.9. The molecule has 2 aromatic carbocycles. The molecule has 1 unspecified atom stereocenters. The van der Waals surface area contributed by atoms with Crippen LogP contribution in [0.5, 0.6) is 0 Å². The van der Waals surface area contributed by atoms with E-state index in [1.807, 2.05) is 41.6 Å². The predicted molar refractivity (Wildman–Crippen MR) is 121 cm³/mol. The number of esters is 1. The van der Waals surface area contributed by atoms with Crippen LogP contribution in [-0.4, -0.2) is 41.4 Å². The molecule has 0 saturated heterocycles. The van der Waals surface area contributed by atoms with Gasteiger partial charge in [-0.25, -0.2) is 4.79 Å². The van der Waals surface area contributed by atoms with Crippen LogP contribution in [0, 0.1) is 0 Å². The summed E-state index contributed by atoms with van der Waals surface area (Å²) in [5.41, 5.74) is 4.18. The van der Waals surface area contributed by atoms with Gasteiger partial charge in [0.05, 0.1) is 31.8 Å². The minimum atomic E-state index is -0.348. The van der Waals surface area contributed by atoms with Crippen molar-refractivity contribution in [2.24, 2.45) is 0 Å². The number of nitrogens with zero attached hydrogens (tertiary/aromatic N) is 2. The minimum absolute atomic E-state index is 0.135. The highest BCUT2D eigenvalue weighted by molar-refractivity contribution is 7.98. The van der Waals surface area contributed by atoms with E-state index in [0.717, 1.165) is 22.5 Å². The van der Waals surface area contributed by atoms with Gasteiger partial charge in [0.15, 0.2) is 0 Å². The average Bonchev–Trinajstić information content (AvgIpc) is 3.23. The van der Waals surface area contributed by atoms with Crippen molar-refractivity contribution < 1.29 is 14.3 Å². The fourth-order valence-corrected chi connectivity index (χ4v) is 4.36. The Hall–Kier alpha value is -3.19. The lowest BCUT2D eigenvalue weighted by molar-refractivity contribution is -0.140. The third-order valence-corrected chi connectivity index (χ3v) is 6.23. The van der Waals surface area contributed by atoms with Gasteiger partial charge < -0.3 is 19.5 Å². The highest BCUT2D eigenvalue weighted by Crippen LogP contribution is 2.37. The number of methoxy groups -OCH3 is 1. The van der Waals surface area contributed by atoms with E-state index < -0.39 is 0 Å². The molecule has 1 aliphatic rings. The van der Waals surface area contributed by atoms with Crippen molar-refractivity contribution in [2.45, 2.75) is 23.9 Å². The second-order valence-corrected chi connectivity index (χ2v) is 8.17. The van der Waals surface area contributed by atoms with Gasteiger partial charge in [0.1, 0.15) is 0 Å². The second-order valence-electron chi connectivity index (χ2n) is 7.29. The van der Waals surface area contributed by atoms with E-state index in [-0.39, 0.29) is 31.0 Å². The van der Waals surface area contributed by atoms with Gasteiger partial charge in [-0.2, -0.15) is 0 Å². The van der Waals surface area contributed by atoms with E-state index >= 15 is 0 Å². The molecule has 0 radical (unpaired) electrons. The van der Waals surface area contributed by atoms with Gasteiger partial charge in [-0.15, -0.1) is 11.8 Å². The third kappa shape index (κ3) is 4.32. The van der Waals surface area contributed by atoms with Crippen molar-refractivity contribution in [3.05, 3.63) is 83.7 Å². The number of thioether (sulfide) groups is 1. The molecule has 0 spiro atoms. The topological polar surface area (TPSA) is 63.6 Å². The van der Waals surface area contributed by atoms with E-state index in [0.29, 0.717) is 6.54 Å². The van der Waals surface area contributed by atoms with Crippen molar-refractivity contribution in [1.29, 1.82) is 0 Å². The molecule has 6 nitrogen and oxygen atoms in total. The number of para-hydroxylation sites is 1. The number of aromatic nitrogens is 1. The lowest BCUT2D eigenvalue weighted by Gasteiger charge is -2.31. The van der Waals surface area contributed by atoms with E-state index in [1.54, 1.807) is 11.8 Å². The lowest BCUT2D eigenvalue weighted by atomic mass is 10.0. The van der Waals surface area contributed by atoms with Crippen LogP contribution in [0.15, 0.2) is 71.8 Å². The van der Waals surface area contributed by atoms with Gasteiger partial charge in [0.2, 0.25) is 0 Å². The minimum Gasteiger partial charge on any atom is -0.469 e. The van der Waals surface area contributed by atoms with Crippen LogP contribution in [0.25, 0.3) is 5.69 Å². The number of ether oxygens (including phenoxy) is 1. The number of amides is 2. The first kappa shape index (κ1) is 21.1. The van der Waals surface area contributed by atoms with E-state index in [1.165, 1.54) is 12.0 Å². The van der Waals surface area contributed by atoms with Crippen LogP contribution < -0.4 is 5.32 Å². The largest absolute Gasteiger partial charge is 0.469 e. The molecule has 1 N–H and O–H groups in total. The fraction of sp³-hybridized carbons (Fsp3) is 0.250. The van der Waals surface area contributed by atoms with Gasteiger partial charge in [-0.1, -0.05) is 30.3 Å². The van der Waals surface area contributed by atoms with Crippen molar-refractivity contribution in [3.63, 3.8) is 0 Å². The van der Waals surface area contributed by atoms with Crippen molar-refractivity contribution in [1.82, 2.24) is 14.8 Å². The number of hydrogen-bond acceptors (Lipinski definition) is 4. The summed E-state index contributed by atoms with van der Waals surface area (Å²) >= 11 is 1.69. The SMILES string of the molecule is COC(=O)CCNC(=O)N1Cc2ccccc2-n2cccc2C1c1ccc(SC)cc1. The van der Waals surface area contributed by atoms with E-state index in [9.17, 15) is 9.59 Å². The summed E-state index contributed by atoms with van der Waals surface area (Å²) in [6.45, 7) is 0.680. The van der Waals surface area contributed by atoms with Crippen LogP contribution >= 0.6 is 11.8 Å². The summed E-state index contributed by atoms with van der Waals surface area (Å²) in [7, 11) is 1.35. The Kier molecular flexibility index (Phi) is 6.32. The molecule has 1 atom stereocenters. The molecular formula is C24H25N3O3S. The van der Waals surface area contributed by atoms with Crippen molar-refractivity contribution >= 4 is 23.8 Å². The molecule has 2 amide bonds. The van der Waals surface area contributed by atoms with Gasteiger partial charge in [-0.3, -0.25) is 4.79 Å². The lowest BCUT2D eigenvalue weighted by Crippen LogP contribution is -2.42. The zero-order chi connectivity index (χ0) is 21.8. The number of fused-ring (bicyclic) bond motifs is 3. The number of nitrogens with one attached hydrogen (secondary N) is 1.